The van der Waals surface area contributed by atoms with Gasteiger partial charge in [0, 0.05) is 5.38 Å². The molecule has 0 atom stereocenters. The molecule has 4 nitrogen and oxygen atoms in total. The van der Waals surface area contributed by atoms with Crippen LogP contribution in [0.2, 0.25) is 0 Å². The Hall–Kier alpha value is -0.880. The average molecular weight is 260 g/mol. The van der Waals surface area contributed by atoms with E-state index in [2.05, 4.69) is 26.1 Å². The SMILES string of the molecule is Cc1nc(-c2onc(N)c2Br)cs1. The molecule has 0 saturated heterocycles. The summed E-state index contributed by atoms with van der Waals surface area (Å²) < 4.78 is 5.68. The second-order valence-electron chi connectivity index (χ2n) is 2.46. The number of nitrogens with two attached hydrogens (primary N) is 1. The lowest BCUT2D eigenvalue weighted by atomic mass is 10.3. The minimum Gasteiger partial charge on any atom is -0.380 e. The number of aryl methyl sites for hydroxylation is 1. The maximum absolute atomic E-state index is 5.51. The lowest BCUT2D eigenvalue weighted by Crippen LogP contribution is -1.83. The molecule has 2 aromatic rings. The molecule has 2 rings (SSSR count). The molecule has 2 N–H and O–H groups in total. The largest absolute Gasteiger partial charge is 0.380 e. The van der Waals surface area contributed by atoms with Gasteiger partial charge in [0.2, 0.25) is 5.76 Å². The van der Waals surface area contributed by atoms with Crippen molar-refractivity contribution in [3.63, 3.8) is 0 Å². The normalized spacial score (nSPS) is 10.6. The second-order valence-corrected chi connectivity index (χ2v) is 4.32. The maximum Gasteiger partial charge on any atom is 0.202 e. The quantitative estimate of drug-likeness (QED) is 0.855. The Morgan fingerprint density at radius 1 is 1.62 bits per heavy atom. The summed E-state index contributed by atoms with van der Waals surface area (Å²) in [6.45, 7) is 1.93. The van der Waals surface area contributed by atoms with Gasteiger partial charge in [-0.1, -0.05) is 5.16 Å². The van der Waals surface area contributed by atoms with Gasteiger partial charge in [-0.05, 0) is 22.9 Å². The van der Waals surface area contributed by atoms with Crippen LogP contribution in [-0.2, 0) is 0 Å². The third-order valence-corrected chi connectivity index (χ3v) is 3.05. The predicted molar refractivity (Wildman–Crippen MR) is 54.5 cm³/mol. The Morgan fingerprint density at radius 2 is 2.38 bits per heavy atom. The zero-order valence-electron chi connectivity index (χ0n) is 6.74. The Labute approximate surface area is 86.9 Å². The van der Waals surface area contributed by atoms with E-state index in [1.165, 1.54) is 0 Å². The molecule has 0 aliphatic rings. The minimum atomic E-state index is 0.348. The Bertz CT molecular complexity index is 437. The standard InChI is InChI=1S/C7H6BrN3OS/c1-3-10-4(2-13-3)6-5(8)7(9)11-12-6/h2H,1H3,(H2,9,11). The van der Waals surface area contributed by atoms with Crippen molar-refractivity contribution in [2.45, 2.75) is 6.92 Å². The number of rotatable bonds is 1. The average Bonchev–Trinajstić information content (AvgIpc) is 2.62. The van der Waals surface area contributed by atoms with Crippen LogP contribution < -0.4 is 5.73 Å². The van der Waals surface area contributed by atoms with Crippen molar-refractivity contribution in [2.24, 2.45) is 0 Å². The first-order valence-electron chi connectivity index (χ1n) is 3.51. The first-order valence-corrected chi connectivity index (χ1v) is 5.19. The molecule has 2 heterocycles. The summed E-state index contributed by atoms with van der Waals surface area (Å²) in [6.07, 6.45) is 0. The topological polar surface area (TPSA) is 64.9 Å². The van der Waals surface area contributed by atoms with E-state index >= 15 is 0 Å². The van der Waals surface area contributed by atoms with Crippen molar-refractivity contribution in [2.75, 3.05) is 5.73 Å². The van der Waals surface area contributed by atoms with E-state index in [0.29, 0.717) is 16.1 Å². The van der Waals surface area contributed by atoms with Crippen molar-refractivity contribution in [1.82, 2.24) is 10.1 Å². The highest BCUT2D eigenvalue weighted by molar-refractivity contribution is 9.10. The summed E-state index contributed by atoms with van der Waals surface area (Å²) in [4.78, 5) is 4.25. The van der Waals surface area contributed by atoms with Gasteiger partial charge in [0.25, 0.3) is 0 Å². The van der Waals surface area contributed by atoms with Gasteiger partial charge in [0.05, 0.1) is 5.01 Å². The number of anilines is 1. The smallest absolute Gasteiger partial charge is 0.202 e. The molecule has 0 unspecified atom stereocenters. The number of halogens is 1. The zero-order chi connectivity index (χ0) is 9.42. The monoisotopic (exact) mass is 259 g/mol. The number of hydrogen-bond acceptors (Lipinski definition) is 5. The van der Waals surface area contributed by atoms with Crippen LogP contribution in [0.3, 0.4) is 0 Å². The van der Waals surface area contributed by atoms with Gasteiger partial charge in [0.15, 0.2) is 5.82 Å². The van der Waals surface area contributed by atoms with Crippen LogP contribution in [0, 0.1) is 6.92 Å². The van der Waals surface area contributed by atoms with Crippen molar-refractivity contribution < 1.29 is 4.52 Å². The molecule has 13 heavy (non-hydrogen) atoms. The number of nitrogen functional groups attached to an aromatic ring is 1. The summed E-state index contributed by atoms with van der Waals surface area (Å²) in [5.41, 5.74) is 6.27. The van der Waals surface area contributed by atoms with E-state index in [4.69, 9.17) is 10.3 Å². The van der Waals surface area contributed by atoms with E-state index in [-0.39, 0.29) is 0 Å². The molecule has 6 heteroatoms. The number of thiazole rings is 1. The molecule has 0 radical (unpaired) electrons. The van der Waals surface area contributed by atoms with E-state index < -0.39 is 0 Å². The van der Waals surface area contributed by atoms with Crippen LogP contribution in [-0.4, -0.2) is 10.1 Å². The van der Waals surface area contributed by atoms with E-state index in [0.717, 1.165) is 10.7 Å². The minimum absolute atomic E-state index is 0.348. The Morgan fingerprint density at radius 3 is 2.85 bits per heavy atom. The van der Waals surface area contributed by atoms with E-state index in [1.807, 2.05) is 12.3 Å². The third-order valence-electron chi connectivity index (χ3n) is 1.51. The summed E-state index contributed by atoms with van der Waals surface area (Å²) in [5, 5.41) is 6.51. The molecule has 68 valence electrons. The highest BCUT2D eigenvalue weighted by Gasteiger charge is 2.14. The van der Waals surface area contributed by atoms with Crippen molar-refractivity contribution >= 4 is 33.1 Å². The summed E-state index contributed by atoms with van der Waals surface area (Å²) >= 11 is 4.84. The highest BCUT2D eigenvalue weighted by atomic mass is 79.9. The summed E-state index contributed by atoms with van der Waals surface area (Å²) in [6, 6.07) is 0. The number of hydrogen-bond donors (Lipinski definition) is 1. The van der Waals surface area contributed by atoms with Gasteiger partial charge >= 0.3 is 0 Å². The second kappa shape index (κ2) is 3.12. The molecule has 0 amide bonds. The van der Waals surface area contributed by atoms with Crippen LogP contribution in [0.4, 0.5) is 5.82 Å². The number of aromatic nitrogens is 2. The van der Waals surface area contributed by atoms with Gasteiger partial charge in [-0.15, -0.1) is 11.3 Å². The van der Waals surface area contributed by atoms with Gasteiger partial charge < -0.3 is 10.3 Å². The van der Waals surface area contributed by atoms with Crippen molar-refractivity contribution in [3.8, 4) is 11.5 Å². The van der Waals surface area contributed by atoms with E-state index in [9.17, 15) is 0 Å². The van der Waals surface area contributed by atoms with Gasteiger partial charge in [-0.2, -0.15) is 0 Å². The molecular formula is C7H6BrN3OS. The fourth-order valence-electron chi connectivity index (χ4n) is 0.918. The lowest BCUT2D eigenvalue weighted by molar-refractivity contribution is 0.434. The fraction of sp³-hybridized carbons (Fsp3) is 0.143. The molecule has 0 bridgehead atoms. The van der Waals surface area contributed by atoms with Gasteiger partial charge in [-0.3, -0.25) is 0 Å². The summed E-state index contributed by atoms with van der Waals surface area (Å²) in [7, 11) is 0. The van der Waals surface area contributed by atoms with Gasteiger partial charge in [0.1, 0.15) is 10.2 Å². The highest BCUT2D eigenvalue weighted by Crippen LogP contribution is 2.32. The van der Waals surface area contributed by atoms with Gasteiger partial charge in [-0.25, -0.2) is 4.98 Å². The third kappa shape index (κ3) is 1.47. The Balaban J connectivity index is 2.52. The molecular weight excluding hydrogens is 254 g/mol. The van der Waals surface area contributed by atoms with Crippen molar-refractivity contribution in [3.05, 3.63) is 14.9 Å². The van der Waals surface area contributed by atoms with Crippen LogP contribution in [0.15, 0.2) is 14.4 Å². The van der Waals surface area contributed by atoms with Crippen LogP contribution in [0.25, 0.3) is 11.5 Å². The summed E-state index contributed by atoms with van der Waals surface area (Å²) in [5.74, 6) is 0.933. The van der Waals surface area contributed by atoms with Crippen LogP contribution in [0.1, 0.15) is 5.01 Å². The molecule has 2 aromatic heterocycles. The molecule has 0 aliphatic heterocycles. The molecule has 0 saturated carbocycles. The maximum atomic E-state index is 5.51. The zero-order valence-corrected chi connectivity index (χ0v) is 9.15. The molecule has 0 aromatic carbocycles. The fourth-order valence-corrected chi connectivity index (χ4v) is 1.86. The predicted octanol–water partition coefficient (Wildman–Crippen LogP) is 2.45. The number of nitrogens with zero attached hydrogens (tertiary/aromatic N) is 2. The van der Waals surface area contributed by atoms with Crippen LogP contribution in [0.5, 0.6) is 0 Å². The Kier molecular flexibility index (Phi) is 2.09. The first kappa shape index (κ1) is 8.71. The lowest BCUT2D eigenvalue weighted by Gasteiger charge is -1.87. The van der Waals surface area contributed by atoms with Crippen molar-refractivity contribution in [1.29, 1.82) is 0 Å². The van der Waals surface area contributed by atoms with Crippen LogP contribution >= 0.6 is 27.3 Å². The van der Waals surface area contributed by atoms with E-state index in [1.54, 1.807) is 11.3 Å². The first-order chi connectivity index (χ1) is 6.18. The molecule has 0 spiro atoms. The molecule has 0 fully saturated rings. The molecule has 0 aliphatic carbocycles.